The molecule has 1 fully saturated rings. The zero-order valence-corrected chi connectivity index (χ0v) is 17.3. The van der Waals surface area contributed by atoms with Crippen LogP contribution in [0.4, 0.5) is 10.1 Å². The summed E-state index contributed by atoms with van der Waals surface area (Å²) in [6.07, 6.45) is 1.84. The van der Waals surface area contributed by atoms with Crippen LogP contribution in [-0.2, 0) is 4.79 Å². The first-order valence-corrected chi connectivity index (χ1v) is 10.1. The van der Waals surface area contributed by atoms with E-state index in [1.165, 1.54) is 17.8 Å². The van der Waals surface area contributed by atoms with E-state index in [1.54, 1.807) is 12.1 Å². The minimum absolute atomic E-state index is 0.0717. The summed E-state index contributed by atoms with van der Waals surface area (Å²) in [6, 6.07) is 16.1. The largest absolute Gasteiger partial charge is 0.318 e. The summed E-state index contributed by atoms with van der Waals surface area (Å²) in [7, 11) is 0. The van der Waals surface area contributed by atoms with Crippen molar-refractivity contribution in [2.75, 3.05) is 0 Å². The van der Waals surface area contributed by atoms with Crippen molar-refractivity contribution in [3.63, 3.8) is 0 Å². The van der Waals surface area contributed by atoms with Gasteiger partial charge in [-0.25, -0.2) is 9.38 Å². The fourth-order valence-electron chi connectivity index (χ4n) is 3.20. The van der Waals surface area contributed by atoms with Crippen LogP contribution in [0.15, 0.2) is 64.5 Å². The quantitative estimate of drug-likeness (QED) is 0.541. The minimum atomic E-state index is -0.454. The number of nitrogens with one attached hydrogen (secondary N) is 1. The van der Waals surface area contributed by atoms with Gasteiger partial charge in [-0.2, -0.15) is 0 Å². The lowest BCUT2D eigenvalue weighted by molar-refractivity contribution is -0.115. The first-order valence-electron chi connectivity index (χ1n) is 8.91. The van der Waals surface area contributed by atoms with Gasteiger partial charge in [0.1, 0.15) is 5.82 Å². The molecule has 29 heavy (non-hydrogen) atoms. The van der Waals surface area contributed by atoms with E-state index < -0.39 is 5.82 Å². The normalized spacial score (nSPS) is 16.6. The van der Waals surface area contributed by atoms with Gasteiger partial charge in [-0.05, 0) is 73.6 Å². The first-order chi connectivity index (χ1) is 13.9. The lowest BCUT2D eigenvalue weighted by Crippen LogP contribution is -2.19. The third-order valence-corrected chi connectivity index (χ3v) is 5.76. The molecular formula is C22H17ClFN3OS. The molecule has 1 aliphatic heterocycles. The summed E-state index contributed by atoms with van der Waals surface area (Å²) >= 11 is 7.25. The number of hydrogen-bond donors (Lipinski definition) is 1. The number of amides is 1. The van der Waals surface area contributed by atoms with Crippen molar-refractivity contribution in [2.24, 2.45) is 4.99 Å². The molecule has 3 aromatic rings. The molecular weight excluding hydrogens is 409 g/mol. The lowest BCUT2D eigenvalue weighted by atomic mass is 10.2. The molecule has 2 aromatic carbocycles. The van der Waals surface area contributed by atoms with Crippen LogP contribution in [0.25, 0.3) is 11.8 Å². The summed E-state index contributed by atoms with van der Waals surface area (Å²) < 4.78 is 15.5. The molecule has 2 heterocycles. The Kier molecular flexibility index (Phi) is 5.30. The summed E-state index contributed by atoms with van der Waals surface area (Å²) in [5.74, 6) is -0.635. The summed E-state index contributed by atoms with van der Waals surface area (Å²) in [6.45, 7) is 3.91. The number of aromatic nitrogens is 1. The predicted octanol–water partition coefficient (Wildman–Crippen LogP) is 5.78. The number of carbonyl (C=O) groups excluding carboxylic acids is 1. The fourth-order valence-corrected chi connectivity index (χ4v) is 4.20. The number of benzene rings is 2. The number of rotatable bonds is 3. The molecule has 1 saturated heterocycles. The fraction of sp³-hybridized carbons (Fsp3) is 0.0909. The van der Waals surface area contributed by atoms with Crippen LogP contribution in [0.2, 0.25) is 5.02 Å². The van der Waals surface area contributed by atoms with Gasteiger partial charge in [0.25, 0.3) is 5.91 Å². The molecule has 0 radical (unpaired) electrons. The number of aliphatic imine (C=N–C) groups is 1. The first kappa shape index (κ1) is 19.5. The van der Waals surface area contributed by atoms with E-state index in [2.05, 4.69) is 10.3 Å². The van der Waals surface area contributed by atoms with Crippen LogP contribution >= 0.6 is 23.4 Å². The van der Waals surface area contributed by atoms with E-state index in [9.17, 15) is 9.18 Å². The molecule has 1 aliphatic rings. The van der Waals surface area contributed by atoms with Gasteiger partial charge in [-0.15, -0.1) is 0 Å². The number of halogens is 2. The van der Waals surface area contributed by atoms with Crippen LogP contribution in [-0.4, -0.2) is 15.6 Å². The second-order valence-corrected chi connectivity index (χ2v) is 8.02. The maximum atomic E-state index is 13.5. The SMILES string of the molecule is Cc1cc(/C=C2\SC(=Nc3ccccc3)NC2=O)c(C)n1-c1ccc(F)c(Cl)c1. The van der Waals surface area contributed by atoms with E-state index >= 15 is 0 Å². The van der Waals surface area contributed by atoms with Crippen molar-refractivity contribution in [1.29, 1.82) is 0 Å². The Hall–Kier alpha value is -2.83. The summed E-state index contributed by atoms with van der Waals surface area (Å²) in [4.78, 5) is 17.4. The minimum Gasteiger partial charge on any atom is -0.318 e. The number of amidine groups is 1. The van der Waals surface area contributed by atoms with Crippen LogP contribution in [0.5, 0.6) is 0 Å². The van der Waals surface area contributed by atoms with Crippen LogP contribution in [0.1, 0.15) is 17.0 Å². The van der Waals surface area contributed by atoms with Crippen molar-refractivity contribution in [3.05, 3.63) is 87.3 Å². The van der Waals surface area contributed by atoms with Gasteiger partial charge < -0.3 is 9.88 Å². The smallest absolute Gasteiger partial charge is 0.264 e. The lowest BCUT2D eigenvalue weighted by Gasteiger charge is -2.10. The van der Waals surface area contributed by atoms with Crippen LogP contribution < -0.4 is 5.32 Å². The summed E-state index contributed by atoms with van der Waals surface area (Å²) in [5, 5.41) is 3.42. The maximum Gasteiger partial charge on any atom is 0.264 e. The highest BCUT2D eigenvalue weighted by atomic mass is 35.5. The molecule has 0 unspecified atom stereocenters. The summed E-state index contributed by atoms with van der Waals surface area (Å²) in [5.41, 5.74) is 4.34. The maximum absolute atomic E-state index is 13.5. The van der Waals surface area contributed by atoms with E-state index in [1.807, 2.05) is 60.9 Å². The molecule has 0 atom stereocenters. The second kappa shape index (κ2) is 7.89. The van der Waals surface area contributed by atoms with Crippen molar-refractivity contribution < 1.29 is 9.18 Å². The van der Waals surface area contributed by atoms with E-state index in [-0.39, 0.29) is 10.9 Å². The zero-order chi connectivity index (χ0) is 20.5. The predicted molar refractivity (Wildman–Crippen MR) is 117 cm³/mol. The van der Waals surface area contributed by atoms with Crippen LogP contribution in [0.3, 0.4) is 0 Å². The molecule has 4 rings (SSSR count). The van der Waals surface area contributed by atoms with E-state index in [0.29, 0.717) is 10.1 Å². The molecule has 1 amide bonds. The Bertz CT molecular complexity index is 1170. The highest BCUT2D eigenvalue weighted by Gasteiger charge is 2.24. The Morgan fingerprint density at radius 1 is 1.14 bits per heavy atom. The van der Waals surface area contributed by atoms with Gasteiger partial charge in [0.15, 0.2) is 5.17 Å². The molecule has 4 nitrogen and oxygen atoms in total. The zero-order valence-electron chi connectivity index (χ0n) is 15.7. The van der Waals surface area contributed by atoms with Crippen molar-refractivity contribution >= 4 is 46.2 Å². The van der Waals surface area contributed by atoms with Gasteiger partial charge in [0, 0.05) is 17.1 Å². The number of thioether (sulfide) groups is 1. The molecule has 7 heteroatoms. The molecule has 1 aromatic heterocycles. The van der Waals surface area contributed by atoms with Gasteiger partial charge in [-0.3, -0.25) is 4.79 Å². The average Bonchev–Trinajstić information content (AvgIpc) is 3.17. The monoisotopic (exact) mass is 425 g/mol. The molecule has 1 N–H and O–H groups in total. The Morgan fingerprint density at radius 3 is 2.62 bits per heavy atom. The second-order valence-electron chi connectivity index (χ2n) is 6.58. The molecule has 146 valence electrons. The number of nitrogens with zero attached hydrogens (tertiary/aromatic N) is 2. The molecule has 0 spiro atoms. The third-order valence-electron chi connectivity index (χ3n) is 4.56. The Labute approximate surface area is 177 Å². The third kappa shape index (κ3) is 3.99. The molecule has 0 aliphatic carbocycles. The highest BCUT2D eigenvalue weighted by molar-refractivity contribution is 8.18. The Morgan fingerprint density at radius 2 is 1.90 bits per heavy atom. The number of carbonyl (C=O) groups is 1. The van der Waals surface area contributed by atoms with Crippen LogP contribution in [0, 0.1) is 19.7 Å². The number of aryl methyl sites for hydroxylation is 1. The molecule has 0 bridgehead atoms. The van der Waals surface area contributed by atoms with E-state index in [4.69, 9.17) is 11.6 Å². The highest BCUT2D eigenvalue weighted by Crippen LogP contribution is 2.31. The van der Waals surface area contributed by atoms with Crippen molar-refractivity contribution in [3.8, 4) is 5.69 Å². The topological polar surface area (TPSA) is 46.4 Å². The van der Waals surface area contributed by atoms with Crippen molar-refractivity contribution in [2.45, 2.75) is 13.8 Å². The van der Waals surface area contributed by atoms with Gasteiger partial charge >= 0.3 is 0 Å². The standard InChI is InChI=1S/C22H17ClFN3OS/c1-13-10-15(14(2)27(13)17-8-9-19(24)18(23)12-17)11-20-21(28)26-22(29-20)25-16-6-4-3-5-7-16/h3-12H,1-2H3,(H,25,26,28)/b20-11-. The van der Waals surface area contributed by atoms with Gasteiger partial charge in [-0.1, -0.05) is 29.8 Å². The number of para-hydroxylation sites is 1. The van der Waals surface area contributed by atoms with Gasteiger partial charge in [0.2, 0.25) is 0 Å². The van der Waals surface area contributed by atoms with E-state index in [0.717, 1.165) is 28.3 Å². The average molecular weight is 426 g/mol. The van der Waals surface area contributed by atoms with Gasteiger partial charge in [0.05, 0.1) is 15.6 Å². The molecule has 0 saturated carbocycles. The van der Waals surface area contributed by atoms with Crippen molar-refractivity contribution in [1.82, 2.24) is 9.88 Å². The number of hydrogen-bond acceptors (Lipinski definition) is 3. The Balaban J connectivity index is 1.66.